The predicted molar refractivity (Wildman–Crippen MR) is 138 cm³/mol. The molecule has 2 aliphatic heterocycles. The lowest BCUT2D eigenvalue weighted by atomic mass is 10.0. The second-order valence-corrected chi connectivity index (χ2v) is 9.35. The molecule has 0 saturated carbocycles. The van der Waals surface area contributed by atoms with Crippen LogP contribution in [-0.4, -0.2) is 90.2 Å². The van der Waals surface area contributed by atoms with Crippen molar-refractivity contribution >= 4 is 29.3 Å². The van der Waals surface area contributed by atoms with Crippen molar-refractivity contribution in [2.45, 2.75) is 18.9 Å². The van der Waals surface area contributed by atoms with E-state index >= 15 is 0 Å². The van der Waals surface area contributed by atoms with Gasteiger partial charge in [0.05, 0.1) is 30.6 Å². The number of carbonyl (C=O) groups is 3. The second-order valence-electron chi connectivity index (χ2n) is 9.35. The van der Waals surface area contributed by atoms with E-state index in [9.17, 15) is 34.0 Å². The molecule has 2 fully saturated rings. The number of ether oxygens (including phenoxy) is 1. The molecule has 3 amide bonds. The first-order chi connectivity index (χ1) is 18.7. The first kappa shape index (κ1) is 27.8. The number of urea groups is 1. The Hall–Kier alpha value is -4.26. The van der Waals surface area contributed by atoms with Crippen LogP contribution in [0.2, 0.25) is 0 Å². The number of nitrogens with one attached hydrogen (secondary N) is 1. The van der Waals surface area contributed by atoms with Crippen LogP contribution in [0.5, 0.6) is 0 Å². The van der Waals surface area contributed by atoms with Crippen molar-refractivity contribution in [1.82, 2.24) is 15.1 Å². The highest BCUT2D eigenvalue weighted by molar-refractivity contribution is 5.96. The number of anilines is 1. The topological polar surface area (TPSA) is 146 Å². The zero-order chi connectivity index (χ0) is 27.9. The third kappa shape index (κ3) is 6.99. The molecule has 2 saturated heterocycles. The number of nitro benzene ring substituents is 1. The first-order valence-corrected chi connectivity index (χ1v) is 12.7. The van der Waals surface area contributed by atoms with E-state index in [1.165, 1.54) is 24.3 Å². The Kier molecular flexibility index (Phi) is 8.92. The monoisotopic (exact) mass is 543 g/mol. The van der Waals surface area contributed by atoms with Crippen molar-refractivity contribution in [2.24, 2.45) is 0 Å². The molecular weight excluding hydrogens is 513 g/mol. The average Bonchev–Trinajstić information content (AvgIpc) is 3.19. The van der Waals surface area contributed by atoms with Crippen molar-refractivity contribution in [2.75, 3.05) is 57.4 Å². The lowest BCUT2D eigenvalue weighted by Crippen LogP contribution is -2.49. The number of benzene rings is 2. The third-order valence-corrected chi connectivity index (χ3v) is 6.78. The Morgan fingerprint density at radius 1 is 1.00 bits per heavy atom. The van der Waals surface area contributed by atoms with Crippen molar-refractivity contribution in [1.29, 1.82) is 0 Å². The first-order valence-electron chi connectivity index (χ1n) is 12.7. The molecule has 0 aromatic heterocycles. The largest absolute Gasteiger partial charge is 0.481 e. The molecule has 1 unspecified atom stereocenters. The van der Waals surface area contributed by atoms with Gasteiger partial charge < -0.3 is 29.9 Å². The summed E-state index contributed by atoms with van der Waals surface area (Å²) in [6, 6.07) is 8.14. The number of carbonyl (C=O) groups excluding carboxylic acids is 2. The fraction of sp³-hybridized carbons (Fsp3) is 0.423. The highest BCUT2D eigenvalue weighted by atomic mass is 19.1. The van der Waals surface area contributed by atoms with Gasteiger partial charge in [-0.3, -0.25) is 19.7 Å². The Bertz CT molecular complexity index is 1220. The number of rotatable bonds is 7. The van der Waals surface area contributed by atoms with Crippen LogP contribution in [0.3, 0.4) is 0 Å². The van der Waals surface area contributed by atoms with Gasteiger partial charge in [-0.05, 0) is 36.2 Å². The number of amides is 3. The summed E-state index contributed by atoms with van der Waals surface area (Å²) in [5.41, 5.74) is 0.436. The molecule has 12 nitrogen and oxygen atoms in total. The fourth-order valence-corrected chi connectivity index (χ4v) is 4.75. The van der Waals surface area contributed by atoms with Crippen LogP contribution in [0.4, 0.5) is 20.6 Å². The van der Waals surface area contributed by atoms with Crippen LogP contribution in [0, 0.1) is 15.9 Å². The van der Waals surface area contributed by atoms with Gasteiger partial charge in [0.1, 0.15) is 11.5 Å². The number of aliphatic carboxylic acids is 1. The summed E-state index contributed by atoms with van der Waals surface area (Å²) < 4.78 is 18.6. The maximum Gasteiger partial charge on any atom is 0.320 e. The molecule has 13 heteroatoms. The maximum atomic E-state index is 13.3. The normalized spacial score (nSPS) is 16.8. The molecule has 39 heavy (non-hydrogen) atoms. The Balaban J connectivity index is 1.48. The minimum atomic E-state index is -1.17. The van der Waals surface area contributed by atoms with Crippen molar-refractivity contribution < 1.29 is 33.5 Å². The molecule has 0 bridgehead atoms. The second kappa shape index (κ2) is 12.5. The number of carboxylic acids is 1. The van der Waals surface area contributed by atoms with Gasteiger partial charge in [-0.2, -0.15) is 0 Å². The van der Waals surface area contributed by atoms with Crippen molar-refractivity contribution in [3.05, 3.63) is 69.5 Å². The van der Waals surface area contributed by atoms with Gasteiger partial charge in [-0.15, -0.1) is 0 Å². The number of halogens is 1. The highest BCUT2D eigenvalue weighted by Gasteiger charge is 2.28. The van der Waals surface area contributed by atoms with Crippen molar-refractivity contribution in [3.8, 4) is 0 Å². The molecule has 4 rings (SSSR count). The standard InChI is InChI=1S/C26H30FN5O7/c27-20-5-2-18(3-6-20)21(17-24(33)34)28-25(35)19-4-7-22(23(16-19)32(37)38)29-8-1-9-30(11-10-29)26(36)31-12-14-39-15-13-31/h2-7,16,21H,1,8-15,17H2,(H,28,35)(H,33,34). The number of nitro groups is 1. The van der Waals surface area contributed by atoms with Gasteiger partial charge >= 0.3 is 12.0 Å². The minimum Gasteiger partial charge on any atom is -0.481 e. The van der Waals surface area contributed by atoms with Crippen LogP contribution in [0.1, 0.15) is 34.8 Å². The number of morpholine rings is 1. The SMILES string of the molecule is O=C(O)CC(NC(=O)c1ccc(N2CCCN(C(=O)N3CCOCC3)CC2)c([N+](=O)[O-])c1)c1ccc(F)cc1. The molecule has 1 atom stereocenters. The maximum absolute atomic E-state index is 13.3. The molecule has 2 aromatic rings. The summed E-state index contributed by atoms with van der Waals surface area (Å²) in [6.45, 7) is 3.85. The predicted octanol–water partition coefficient (Wildman–Crippen LogP) is 2.64. The Labute approximate surface area is 224 Å². The van der Waals surface area contributed by atoms with E-state index in [1.54, 1.807) is 9.80 Å². The summed E-state index contributed by atoms with van der Waals surface area (Å²) in [7, 11) is 0. The Morgan fingerprint density at radius 2 is 1.69 bits per heavy atom. The van der Waals surface area contributed by atoms with E-state index in [-0.39, 0.29) is 17.3 Å². The molecule has 2 heterocycles. The van der Waals surface area contributed by atoms with Crippen LogP contribution in [0.25, 0.3) is 0 Å². The molecule has 2 N–H and O–H groups in total. The van der Waals surface area contributed by atoms with Crippen LogP contribution in [-0.2, 0) is 9.53 Å². The molecule has 0 spiro atoms. The lowest BCUT2D eigenvalue weighted by Gasteiger charge is -2.32. The smallest absolute Gasteiger partial charge is 0.320 e. The fourth-order valence-electron chi connectivity index (χ4n) is 4.75. The van der Waals surface area contributed by atoms with Crippen molar-refractivity contribution in [3.63, 3.8) is 0 Å². The lowest BCUT2D eigenvalue weighted by molar-refractivity contribution is -0.384. The summed E-state index contributed by atoms with van der Waals surface area (Å²) >= 11 is 0. The molecule has 0 radical (unpaired) electrons. The van der Waals surface area contributed by atoms with Gasteiger partial charge in [0, 0.05) is 50.9 Å². The van der Waals surface area contributed by atoms with E-state index in [0.29, 0.717) is 70.2 Å². The summed E-state index contributed by atoms with van der Waals surface area (Å²) in [5, 5.41) is 23.8. The highest BCUT2D eigenvalue weighted by Crippen LogP contribution is 2.31. The molecule has 208 valence electrons. The van der Waals surface area contributed by atoms with Gasteiger partial charge in [0.15, 0.2) is 0 Å². The number of hydrogen-bond donors (Lipinski definition) is 2. The van der Waals surface area contributed by atoms with E-state index in [0.717, 1.165) is 18.2 Å². The average molecular weight is 544 g/mol. The van der Waals surface area contributed by atoms with Gasteiger partial charge in [0.25, 0.3) is 11.6 Å². The van der Waals surface area contributed by atoms with Crippen LogP contribution >= 0.6 is 0 Å². The zero-order valence-electron chi connectivity index (χ0n) is 21.3. The molecule has 2 aliphatic rings. The van der Waals surface area contributed by atoms with Gasteiger partial charge in [-0.25, -0.2) is 9.18 Å². The number of hydrogen-bond acceptors (Lipinski definition) is 7. The molecular formula is C26H30FN5O7. The van der Waals surface area contributed by atoms with Crippen LogP contribution < -0.4 is 10.2 Å². The summed E-state index contributed by atoms with van der Waals surface area (Å²) in [5.74, 6) is -2.38. The van der Waals surface area contributed by atoms with E-state index < -0.39 is 35.1 Å². The molecule has 2 aromatic carbocycles. The summed E-state index contributed by atoms with van der Waals surface area (Å²) in [4.78, 5) is 54.0. The van der Waals surface area contributed by atoms with Gasteiger partial charge in [-0.1, -0.05) is 12.1 Å². The third-order valence-electron chi connectivity index (χ3n) is 6.78. The minimum absolute atomic E-state index is 0.0121. The van der Waals surface area contributed by atoms with E-state index in [4.69, 9.17) is 4.74 Å². The Morgan fingerprint density at radius 3 is 2.36 bits per heavy atom. The zero-order valence-corrected chi connectivity index (χ0v) is 21.3. The number of nitrogens with zero attached hydrogens (tertiary/aromatic N) is 4. The number of carboxylic acid groups (broad SMARTS) is 1. The summed E-state index contributed by atoms with van der Waals surface area (Å²) in [6.07, 6.45) is 0.162. The quantitative estimate of drug-likeness (QED) is 0.400. The molecule has 0 aliphatic carbocycles. The van der Waals surface area contributed by atoms with E-state index in [2.05, 4.69) is 5.32 Å². The van der Waals surface area contributed by atoms with Gasteiger partial charge in [0.2, 0.25) is 0 Å². The van der Waals surface area contributed by atoms with E-state index in [1.807, 2.05) is 4.90 Å². The van der Waals surface area contributed by atoms with Crippen LogP contribution in [0.15, 0.2) is 42.5 Å².